The van der Waals surface area contributed by atoms with Gasteiger partial charge in [-0.3, -0.25) is 19.5 Å². The number of likely N-dealkylation sites (tertiary alicyclic amines) is 1. The number of fused-ring (bicyclic) bond motifs is 4. The number of aromatic hydroxyl groups is 1. The molecule has 3 aliphatic rings. The molecule has 8 heteroatoms. The van der Waals surface area contributed by atoms with E-state index in [1.807, 2.05) is 37.3 Å². The first kappa shape index (κ1) is 34.9. The minimum absolute atomic E-state index is 0.0271. The summed E-state index contributed by atoms with van der Waals surface area (Å²) in [6.07, 6.45) is 6.89. The highest BCUT2D eigenvalue weighted by atomic mass is 16.3. The third-order valence-corrected chi connectivity index (χ3v) is 11.5. The Hall–Kier alpha value is -3.39. The molecule has 5 rings (SSSR count). The SMILES string of the molecule is CCC(N)=NCCCCCNC(=O)[C@@H](CC(C)C)NC(=O)[C@@]1(c2ccccc2)C[C@H]1CN1CC[C@@]2(C)c3cc(O)ccc3C[C@@H]1[C@@H]2C. The lowest BCUT2D eigenvalue weighted by Gasteiger charge is -2.55. The standard InChI is InChI=1S/C39H57N5O3/c1-6-35(40)41-18-11-8-12-19-42-36(46)33(21-26(2)3)43-37(47)39(29-13-9-7-10-14-29)24-30(39)25-44-20-17-38(5)27(4)34(44)22-28-15-16-31(45)23-32(28)38/h7,9-10,13-16,23,26-27,30,33-34,45H,6,8,11-12,17-22,24-25H2,1-5H3,(H2,40,41)(H,42,46)(H,43,47)/t27-,30-,33+,34+,38+,39+/m0/s1. The Bertz CT molecular complexity index is 1430. The summed E-state index contributed by atoms with van der Waals surface area (Å²) in [6.45, 7) is 14.0. The molecule has 0 spiro atoms. The average Bonchev–Trinajstić information content (AvgIpc) is 3.78. The smallest absolute Gasteiger partial charge is 0.242 e. The molecule has 1 saturated carbocycles. The molecule has 0 unspecified atom stereocenters. The van der Waals surface area contributed by atoms with Crippen LogP contribution in [0.5, 0.6) is 5.75 Å². The largest absolute Gasteiger partial charge is 0.508 e. The second-order valence-electron chi connectivity index (χ2n) is 15.0. The molecule has 2 aliphatic carbocycles. The van der Waals surface area contributed by atoms with Crippen molar-refractivity contribution in [1.29, 1.82) is 0 Å². The number of nitrogens with two attached hydrogens (primary N) is 1. The van der Waals surface area contributed by atoms with E-state index in [9.17, 15) is 14.7 Å². The molecule has 2 amide bonds. The number of unbranched alkanes of at least 4 members (excludes halogenated alkanes) is 2. The monoisotopic (exact) mass is 643 g/mol. The zero-order valence-corrected chi connectivity index (χ0v) is 29.2. The van der Waals surface area contributed by atoms with Crippen LogP contribution in [0.4, 0.5) is 0 Å². The van der Waals surface area contributed by atoms with Gasteiger partial charge in [0.15, 0.2) is 0 Å². The Labute approximate surface area is 282 Å². The van der Waals surface area contributed by atoms with Crippen LogP contribution < -0.4 is 16.4 Å². The van der Waals surface area contributed by atoms with Gasteiger partial charge in [-0.1, -0.05) is 71.0 Å². The number of phenols is 1. The molecule has 1 aliphatic heterocycles. The average molecular weight is 644 g/mol. The fourth-order valence-electron chi connectivity index (χ4n) is 8.33. The number of carbonyl (C=O) groups is 2. The van der Waals surface area contributed by atoms with Crippen molar-refractivity contribution in [3.63, 3.8) is 0 Å². The minimum Gasteiger partial charge on any atom is -0.508 e. The van der Waals surface area contributed by atoms with Crippen LogP contribution in [0, 0.1) is 17.8 Å². The molecule has 1 heterocycles. The second-order valence-corrected chi connectivity index (χ2v) is 15.0. The van der Waals surface area contributed by atoms with Crippen LogP contribution in [0.3, 0.4) is 0 Å². The summed E-state index contributed by atoms with van der Waals surface area (Å²) < 4.78 is 0. The molecular formula is C39H57N5O3. The van der Waals surface area contributed by atoms with Gasteiger partial charge >= 0.3 is 0 Å². The van der Waals surface area contributed by atoms with E-state index >= 15 is 0 Å². The number of piperidine rings is 1. The van der Waals surface area contributed by atoms with Crippen LogP contribution >= 0.6 is 0 Å². The molecule has 2 bridgehead atoms. The van der Waals surface area contributed by atoms with E-state index < -0.39 is 11.5 Å². The highest BCUT2D eigenvalue weighted by molar-refractivity contribution is 5.95. The van der Waals surface area contributed by atoms with Gasteiger partial charge in [0.2, 0.25) is 11.8 Å². The zero-order chi connectivity index (χ0) is 33.8. The number of benzene rings is 2. The number of nitrogens with zero attached hydrogens (tertiary/aromatic N) is 2. The number of rotatable bonds is 15. The van der Waals surface area contributed by atoms with Crippen molar-refractivity contribution < 1.29 is 14.7 Å². The number of amides is 2. The number of nitrogens with one attached hydrogen (secondary N) is 2. The summed E-state index contributed by atoms with van der Waals surface area (Å²) in [6, 6.07) is 15.9. The lowest BCUT2D eigenvalue weighted by molar-refractivity contribution is -0.131. The van der Waals surface area contributed by atoms with Gasteiger partial charge in [-0.15, -0.1) is 0 Å². The summed E-state index contributed by atoms with van der Waals surface area (Å²) in [5, 5.41) is 16.6. The normalized spacial score (nSPS) is 27.6. The van der Waals surface area contributed by atoms with Gasteiger partial charge in [-0.2, -0.15) is 0 Å². The summed E-state index contributed by atoms with van der Waals surface area (Å²) in [7, 11) is 0. The first-order chi connectivity index (χ1) is 22.5. The fourth-order valence-corrected chi connectivity index (χ4v) is 8.33. The van der Waals surface area contributed by atoms with Crippen molar-refractivity contribution in [2.45, 2.75) is 109 Å². The molecule has 2 fully saturated rings. The molecular weight excluding hydrogens is 586 g/mol. The van der Waals surface area contributed by atoms with Crippen LogP contribution in [-0.4, -0.2) is 65.9 Å². The Morgan fingerprint density at radius 3 is 2.62 bits per heavy atom. The second kappa shape index (κ2) is 14.8. The van der Waals surface area contributed by atoms with Crippen molar-refractivity contribution in [3.05, 3.63) is 65.2 Å². The molecule has 8 nitrogen and oxygen atoms in total. The Kier molecular flexibility index (Phi) is 11.0. The van der Waals surface area contributed by atoms with E-state index in [-0.39, 0.29) is 29.1 Å². The molecule has 256 valence electrons. The maximum absolute atomic E-state index is 14.4. The van der Waals surface area contributed by atoms with Gasteiger partial charge in [-0.25, -0.2) is 0 Å². The van der Waals surface area contributed by atoms with Crippen LogP contribution in [0.2, 0.25) is 0 Å². The first-order valence-corrected chi connectivity index (χ1v) is 18.0. The molecule has 1 saturated heterocycles. The number of amidine groups is 1. The topological polar surface area (TPSA) is 120 Å². The lowest BCUT2D eigenvalue weighted by atomic mass is 9.59. The van der Waals surface area contributed by atoms with Crippen LogP contribution in [0.1, 0.15) is 96.3 Å². The number of hydrogen-bond donors (Lipinski definition) is 4. The summed E-state index contributed by atoms with van der Waals surface area (Å²) in [4.78, 5) is 34.8. The van der Waals surface area contributed by atoms with Crippen LogP contribution in [0.15, 0.2) is 53.5 Å². The Balaban J connectivity index is 1.25. The summed E-state index contributed by atoms with van der Waals surface area (Å²) in [5.74, 6) is 1.78. The third kappa shape index (κ3) is 7.53. The van der Waals surface area contributed by atoms with Crippen LogP contribution in [0.25, 0.3) is 0 Å². The number of phenolic OH excluding ortho intramolecular Hbond substituents is 1. The van der Waals surface area contributed by atoms with Crippen molar-refractivity contribution in [2.75, 3.05) is 26.2 Å². The minimum atomic E-state index is -0.639. The van der Waals surface area contributed by atoms with E-state index in [2.05, 4.69) is 66.4 Å². The number of aliphatic imine (C=N–C) groups is 1. The maximum atomic E-state index is 14.4. The predicted octanol–water partition coefficient (Wildman–Crippen LogP) is 5.46. The Morgan fingerprint density at radius 1 is 1.13 bits per heavy atom. The molecule has 2 aromatic carbocycles. The maximum Gasteiger partial charge on any atom is 0.242 e. The molecule has 47 heavy (non-hydrogen) atoms. The zero-order valence-electron chi connectivity index (χ0n) is 29.2. The summed E-state index contributed by atoms with van der Waals surface area (Å²) >= 11 is 0. The van der Waals surface area contributed by atoms with Gasteiger partial charge in [0, 0.05) is 32.1 Å². The van der Waals surface area contributed by atoms with E-state index in [0.29, 0.717) is 36.5 Å². The molecule has 5 N–H and O–H groups in total. The molecule has 2 aromatic rings. The highest BCUT2D eigenvalue weighted by Gasteiger charge is 2.62. The van der Waals surface area contributed by atoms with Crippen molar-refractivity contribution in [1.82, 2.24) is 15.5 Å². The van der Waals surface area contributed by atoms with E-state index in [0.717, 1.165) is 70.1 Å². The van der Waals surface area contributed by atoms with Gasteiger partial charge < -0.3 is 21.5 Å². The van der Waals surface area contributed by atoms with E-state index in [4.69, 9.17) is 5.73 Å². The van der Waals surface area contributed by atoms with Gasteiger partial charge in [-0.05, 0) is 103 Å². The van der Waals surface area contributed by atoms with Crippen molar-refractivity contribution in [3.8, 4) is 5.75 Å². The molecule has 6 atom stereocenters. The van der Waals surface area contributed by atoms with Crippen molar-refractivity contribution >= 4 is 17.6 Å². The van der Waals surface area contributed by atoms with Gasteiger partial charge in [0.25, 0.3) is 0 Å². The van der Waals surface area contributed by atoms with Gasteiger partial charge in [0.05, 0.1) is 11.3 Å². The fraction of sp³-hybridized carbons (Fsp3) is 0.615. The van der Waals surface area contributed by atoms with Crippen molar-refractivity contribution in [2.24, 2.45) is 28.5 Å². The van der Waals surface area contributed by atoms with Crippen LogP contribution in [-0.2, 0) is 26.8 Å². The van der Waals surface area contributed by atoms with Gasteiger partial charge in [0.1, 0.15) is 11.8 Å². The number of carbonyl (C=O) groups excluding carboxylic acids is 2. The van der Waals surface area contributed by atoms with E-state index in [1.165, 1.54) is 11.1 Å². The lowest BCUT2D eigenvalue weighted by Crippen LogP contribution is -2.58. The highest BCUT2D eigenvalue weighted by Crippen LogP contribution is 2.57. The molecule has 0 aromatic heterocycles. The quantitative estimate of drug-likeness (QED) is 0.117. The first-order valence-electron chi connectivity index (χ1n) is 18.0. The Morgan fingerprint density at radius 2 is 1.89 bits per heavy atom. The predicted molar refractivity (Wildman–Crippen MR) is 190 cm³/mol. The molecule has 0 radical (unpaired) electrons. The third-order valence-electron chi connectivity index (χ3n) is 11.5. The summed E-state index contributed by atoms with van der Waals surface area (Å²) in [5.41, 5.74) is 8.85. The number of hydrogen-bond acceptors (Lipinski definition) is 5. The van der Waals surface area contributed by atoms with E-state index in [1.54, 1.807) is 0 Å².